The van der Waals surface area contributed by atoms with Crippen LogP contribution in [0.1, 0.15) is 30.7 Å². The molecular formula is C23H30FN5O. The summed E-state index contributed by atoms with van der Waals surface area (Å²) in [5, 5.41) is 2.94. The zero-order valence-corrected chi connectivity index (χ0v) is 17.7. The molecule has 2 saturated heterocycles. The fourth-order valence-electron chi connectivity index (χ4n) is 4.80. The number of anilines is 1. The number of nitrogens with zero attached hydrogens (tertiary/aromatic N) is 4. The number of likely N-dealkylation sites (tertiary alicyclic amines) is 2. The molecule has 1 aromatic heterocycles. The van der Waals surface area contributed by atoms with Gasteiger partial charge in [0.05, 0.1) is 5.92 Å². The summed E-state index contributed by atoms with van der Waals surface area (Å²) in [5.41, 5.74) is 1.82. The van der Waals surface area contributed by atoms with Crippen LogP contribution in [0.4, 0.5) is 10.1 Å². The molecule has 2 aliphatic heterocycles. The van der Waals surface area contributed by atoms with Crippen molar-refractivity contribution in [3.8, 4) is 0 Å². The average Bonchev–Trinajstić information content (AvgIpc) is 3.14. The smallest absolute Gasteiger partial charge is 0.228 e. The van der Waals surface area contributed by atoms with Gasteiger partial charge in [0, 0.05) is 42.8 Å². The molecule has 0 radical (unpaired) electrons. The van der Waals surface area contributed by atoms with Gasteiger partial charge in [-0.05, 0) is 76.5 Å². The second-order valence-electron chi connectivity index (χ2n) is 8.69. The lowest BCUT2D eigenvalue weighted by Crippen LogP contribution is -2.41. The molecular weight excluding hydrogens is 381 g/mol. The van der Waals surface area contributed by atoms with Crippen molar-refractivity contribution in [2.45, 2.75) is 38.8 Å². The third-order valence-corrected chi connectivity index (χ3v) is 6.50. The summed E-state index contributed by atoms with van der Waals surface area (Å²) >= 11 is 0. The van der Waals surface area contributed by atoms with E-state index in [0.29, 0.717) is 17.6 Å². The van der Waals surface area contributed by atoms with E-state index in [9.17, 15) is 9.18 Å². The van der Waals surface area contributed by atoms with Crippen LogP contribution in [0.3, 0.4) is 0 Å². The number of carbonyl (C=O) groups is 1. The van der Waals surface area contributed by atoms with Gasteiger partial charge in [0.25, 0.3) is 0 Å². The quantitative estimate of drug-likeness (QED) is 0.819. The first-order chi connectivity index (χ1) is 14.5. The molecule has 0 saturated carbocycles. The Morgan fingerprint density at radius 3 is 2.50 bits per heavy atom. The molecule has 1 amide bonds. The van der Waals surface area contributed by atoms with E-state index >= 15 is 0 Å². The topological polar surface area (TPSA) is 61.4 Å². The van der Waals surface area contributed by atoms with Gasteiger partial charge in [0.1, 0.15) is 11.6 Å². The predicted octanol–water partition coefficient (Wildman–Crippen LogP) is 3.10. The lowest BCUT2D eigenvalue weighted by atomic mass is 9.86. The van der Waals surface area contributed by atoms with Crippen LogP contribution in [0.25, 0.3) is 0 Å². The number of aryl methyl sites for hydroxylation is 1. The van der Waals surface area contributed by atoms with Gasteiger partial charge in [-0.3, -0.25) is 9.69 Å². The minimum Gasteiger partial charge on any atom is -0.326 e. The molecule has 0 spiro atoms. The van der Waals surface area contributed by atoms with E-state index in [-0.39, 0.29) is 17.6 Å². The Kier molecular flexibility index (Phi) is 6.39. The van der Waals surface area contributed by atoms with Crippen molar-refractivity contribution >= 4 is 11.6 Å². The number of piperidine rings is 1. The zero-order valence-electron chi connectivity index (χ0n) is 17.7. The van der Waals surface area contributed by atoms with Crippen LogP contribution in [0.5, 0.6) is 0 Å². The molecule has 2 aromatic rings. The first-order valence-corrected chi connectivity index (χ1v) is 10.7. The van der Waals surface area contributed by atoms with Crippen LogP contribution in [0.15, 0.2) is 36.7 Å². The number of hydrogen-bond acceptors (Lipinski definition) is 5. The fraction of sp³-hybridized carbons (Fsp3) is 0.522. The molecule has 0 unspecified atom stereocenters. The Balaban J connectivity index is 1.27. The van der Waals surface area contributed by atoms with Crippen molar-refractivity contribution < 1.29 is 9.18 Å². The summed E-state index contributed by atoms with van der Waals surface area (Å²) < 4.78 is 13.1. The first kappa shape index (κ1) is 20.9. The molecule has 1 aromatic carbocycles. The van der Waals surface area contributed by atoms with Gasteiger partial charge in [-0.2, -0.15) is 0 Å². The third kappa shape index (κ3) is 5.02. The minimum absolute atomic E-state index is 0.0206. The lowest BCUT2D eigenvalue weighted by molar-refractivity contribution is -0.119. The Hall–Kier alpha value is -2.38. The van der Waals surface area contributed by atoms with E-state index in [4.69, 9.17) is 0 Å². The number of aromatic nitrogens is 2. The Morgan fingerprint density at radius 1 is 1.17 bits per heavy atom. The summed E-state index contributed by atoms with van der Waals surface area (Å²) in [5.74, 6) is 1.14. The maximum Gasteiger partial charge on any atom is 0.228 e. The molecule has 2 aliphatic rings. The fourth-order valence-corrected chi connectivity index (χ4v) is 4.80. The molecule has 1 N–H and O–H groups in total. The second kappa shape index (κ2) is 9.18. The van der Waals surface area contributed by atoms with Crippen LogP contribution in [0.2, 0.25) is 0 Å². The zero-order chi connectivity index (χ0) is 21.1. The number of hydrogen-bond donors (Lipinski definition) is 1. The number of benzene rings is 1. The molecule has 3 heterocycles. The van der Waals surface area contributed by atoms with Crippen LogP contribution in [-0.4, -0.2) is 58.4 Å². The summed E-state index contributed by atoms with van der Waals surface area (Å²) in [7, 11) is 2.13. The number of halogens is 1. The highest BCUT2D eigenvalue weighted by molar-refractivity contribution is 5.92. The molecule has 2 fully saturated rings. The maximum atomic E-state index is 13.1. The summed E-state index contributed by atoms with van der Waals surface area (Å²) in [6.45, 7) is 5.71. The predicted molar refractivity (Wildman–Crippen MR) is 114 cm³/mol. The molecule has 0 bridgehead atoms. The van der Waals surface area contributed by atoms with Crippen molar-refractivity contribution in [1.29, 1.82) is 0 Å². The summed E-state index contributed by atoms with van der Waals surface area (Å²) in [6, 6.07) is 6.40. The molecule has 30 heavy (non-hydrogen) atoms. The molecule has 160 valence electrons. The van der Waals surface area contributed by atoms with Crippen LogP contribution in [0, 0.1) is 24.6 Å². The number of rotatable bonds is 5. The van der Waals surface area contributed by atoms with Crippen LogP contribution >= 0.6 is 0 Å². The van der Waals surface area contributed by atoms with E-state index < -0.39 is 0 Å². The maximum absolute atomic E-state index is 13.1. The number of carbonyl (C=O) groups excluding carboxylic acids is 1. The van der Waals surface area contributed by atoms with Crippen molar-refractivity contribution in [2.75, 3.05) is 32.0 Å². The van der Waals surface area contributed by atoms with Gasteiger partial charge in [-0.15, -0.1) is 0 Å². The van der Waals surface area contributed by atoms with E-state index in [1.807, 2.05) is 19.3 Å². The minimum atomic E-state index is -0.296. The van der Waals surface area contributed by atoms with Crippen LogP contribution in [-0.2, 0) is 11.3 Å². The number of nitrogens with one attached hydrogen (secondary N) is 1. The van der Waals surface area contributed by atoms with Crippen molar-refractivity contribution in [3.63, 3.8) is 0 Å². The van der Waals surface area contributed by atoms with Gasteiger partial charge >= 0.3 is 0 Å². The lowest BCUT2D eigenvalue weighted by Gasteiger charge is -2.37. The molecule has 4 rings (SSSR count). The van der Waals surface area contributed by atoms with Crippen molar-refractivity contribution in [3.05, 3.63) is 53.9 Å². The van der Waals surface area contributed by atoms with Gasteiger partial charge in [-0.25, -0.2) is 14.4 Å². The highest BCUT2D eigenvalue weighted by Gasteiger charge is 2.39. The highest BCUT2D eigenvalue weighted by atomic mass is 19.1. The second-order valence-corrected chi connectivity index (χ2v) is 8.69. The standard InChI is InChI=1S/C23H30FN5O/c1-16-25-12-17(13-26-16)14-29-9-7-18(8-10-29)22-11-19(15-28(22)2)23(30)27-21-5-3-20(24)4-6-21/h3-6,12-13,18-19,22H,7-11,14-15H2,1-2H3,(H,27,30)/t19-,22+/m0/s1. The molecule has 6 nitrogen and oxygen atoms in total. The van der Waals surface area contributed by atoms with Crippen molar-refractivity contribution in [1.82, 2.24) is 19.8 Å². The monoisotopic (exact) mass is 411 g/mol. The molecule has 7 heteroatoms. The Morgan fingerprint density at radius 2 is 1.83 bits per heavy atom. The van der Waals surface area contributed by atoms with Gasteiger partial charge < -0.3 is 10.2 Å². The van der Waals surface area contributed by atoms with E-state index in [1.165, 1.54) is 12.1 Å². The Bertz CT molecular complexity index is 849. The SMILES string of the molecule is Cc1ncc(CN2CCC([C@H]3C[C@H](C(=O)Nc4ccc(F)cc4)CN3C)CC2)cn1. The molecule has 0 aliphatic carbocycles. The summed E-state index contributed by atoms with van der Waals surface area (Å²) in [6.07, 6.45) is 7.02. The van der Waals surface area contributed by atoms with E-state index in [0.717, 1.165) is 56.8 Å². The van der Waals surface area contributed by atoms with Crippen LogP contribution < -0.4 is 5.32 Å². The molecule has 2 atom stereocenters. The largest absolute Gasteiger partial charge is 0.326 e. The van der Waals surface area contributed by atoms with Gasteiger partial charge in [0.15, 0.2) is 0 Å². The normalized spacial score (nSPS) is 23.6. The van der Waals surface area contributed by atoms with E-state index in [1.54, 1.807) is 12.1 Å². The first-order valence-electron chi connectivity index (χ1n) is 10.7. The van der Waals surface area contributed by atoms with Crippen molar-refractivity contribution in [2.24, 2.45) is 11.8 Å². The van der Waals surface area contributed by atoms with Gasteiger partial charge in [0.2, 0.25) is 5.91 Å². The third-order valence-electron chi connectivity index (χ3n) is 6.50. The van der Waals surface area contributed by atoms with Gasteiger partial charge in [-0.1, -0.05) is 0 Å². The average molecular weight is 412 g/mol. The van der Waals surface area contributed by atoms with E-state index in [2.05, 4.69) is 32.1 Å². The highest BCUT2D eigenvalue weighted by Crippen LogP contribution is 2.33. The Labute approximate surface area is 177 Å². The number of amides is 1. The summed E-state index contributed by atoms with van der Waals surface area (Å²) in [4.78, 5) is 26.1.